The molecule has 1 aromatic heterocycles. The number of halogens is 1. The van der Waals surface area contributed by atoms with Crippen LogP contribution in [0.5, 0.6) is 0 Å². The van der Waals surface area contributed by atoms with Crippen LogP contribution in [0.25, 0.3) is 0 Å². The Hall–Kier alpha value is -0.610. The van der Waals surface area contributed by atoms with Gasteiger partial charge in [0.1, 0.15) is 5.82 Å². The maximum absolute atomic E-state index is 9.32. The topological polar surface area (TPSA) is 45.2 Å². The summed E-state index contributed by atoms with van der Waals surface area (Å²) in [6, 6.07) is 3.92. The Morgan fingerprint density at radius 2 is 2.27 bits per heavy atom. The molecule has 82 valence electrons. The molecule has 0 spiro atoms. The quantitative estimate of drug-likeness (QED) is 0.887. The van der Waals surface area contributed by atoms with E-state index in [1.165, 1.54) is 6.42 Å². The minimum Gasteiger partial charge on any atom is -0.394 e. The third-order valence-electron chi connectivity index (χ3n) is 3.03. The van der Waals surface area contributed by atoms with E-state index in [0.29, 0.717) is 0 Å². The average Bonchev–Trinajstić information content (AvgIpc) is 2.17. The van der Waals surface area contributed by atoms with Gasteiger partial charge in [-0.3, -0.25) is 0 Å². The van der Waals surface area contributed by atoms with Crippen LogP contribution in [0.4, 0.5) is 5.82 Å². The molecule has 2 N–H and O–H groups in total. The van der Waals surface area contributed by atoms with Crippen molar-refractivity contribution in [2.45, 2.75) is 31.7 Å². The van der Waals surface area contributed by atoms with Crippen molar-refractivity contribution in [3.63, 3.8) is 0 Å². The molecule has 15 heavy (non-hydrogen) atoms. The Bertz CT molecular complexity index is 358. The van der Waals surface area contributed by atoms with Gasteiger partial charge in [-0.15, -0.1) is 0 Å². The second kappa shape index (κ2) is 4.10. The van der Waals surface area contributed by atoms with Crippen molar-refractivity contribution in [3.05, 3.63) is 22.3 Å². The van der Waals surface area contributed by atoms with Gasteiger partial charge >= 0.3 is 0 Å². The average molecular weight is 271 g/mol. The fraction of sp³-hybridized carbons (Fsp3) is 0.545. The first-order valence-corrected chi connectivity index (χ1v) is 5.97. The molecule has 4 heteroatoms. The summed E-state index contributed by atoms with van der Waals surface area (Å²) in [6.07, 6.45) is 3.24. The van der Waals surface area contributed by atoms with Crippen LogP contribution < -0.4 is 5.32 Å². The van der Waals surface area contributed by atoms with Crippen LogP contribution in [0, 0.1) is 6.92 Å². The first kappa shape index (κ1) is 10.9. The van der Waals surface area contributed by atoms with Crippen LogP contribution in [0.15, 0.2) is 16.6 Å². The monoisotopic (exact) mass is 270 g/mol. The molecule has 0 saturated heterocycles. The summed E-state index contributed by atoms with van der Waals surface area (Å²) >= 11 is 3.42. The lowest BCUT2D eigenvalue weighted by molar-refractivity contribution is 0.144. The summed E-state index contributed by atoms with van der Waals surface area (Å²) in [4.78, 5) is 4.42. The van der Waals surface area contributed by atoms with Crippen molar-refractivity contribution < 1.29 is 5.11 Å². The Morgan fingerprint density at radius 1 is 1.53 bits per heavy atom. The summed E-state index contributed by atoms with van der Waals surface area (Å²) in [5.74, 6) is 0.851. The first-order valence-electron chi connectivity index (χ1n) is 5.17. The molecule has 0 unspecified atom stereocenters. The van der Waals surface area contributed by atoms with Gasteiger partial charge in [0.05, 0.1) is 17.8 Å². The van der Waals surface area contributed by atoms with Crippen LogP contribution in [0.2, 0.25) is 0 Å². The van der Waals surface area contributed by atoms with Gasteiger partial charge < -0.3 is 10.4 Å². The fourth-order valence-corrected chi connectivity index (χ4v) is 2.03. The van der Waals surface area contributed by atoms with Crippen LogP contribution in [-0.2, 0) is 0 Å². The van der Waals surface area contributed by atoms with Gasteiger partial charge in [-0.25, -0.2) is 4.98 Å². The Kier molecular flexibility index (Phi) is 2.98. The molecule has 0 atom stereocenters. The number of nitrogens with one attached hydrogen (secondary N) is 1. The number of rotatable bonds is 3. The molecule has 1 aliphatic carbocycles. The van der Waals surface area contributed by atoms with Crippen molar-refractivity contribution in [1.29, 1.82) is 0 Å². The minimum atomic E-state index is -0.118. The number of anilines is 1. The van der Waals surface area contributed by atoms with Gasteiger partial charge in [-0.05, 0) is 54.2 Å². The Morgan fingerprint density at radius 3 is 2.73 bits per heavy atom. The summed E-state index contributed by atoms with van der Waals surface area (Å²) in [5, 5.41) is 12.6. The fourth-order valence-electron chi connectivity index (χ4n) is 1.81. The van der Waals surface area contributed by atoms with Crippen LogP contribution in [0.1, 0.15) is 25.0 Å². The lowest BCUT2D eigenvalue weighted by atomic mass is 9.77. The van der Waals surface area contributed by atoms with E-state index in [1.807, 2.05) is 19.1 Å². The molecule has 1 saturated carbocycles. The van der Waals surface area contributed by atoms with Crippen molar-refractivity contribution in [2.24, 2.45) is 0 Å². The molecule has 0 aromatic carbocycles. The standard InChI is InChI=1S/C11H15BrN2O/c1-8-9(12)3-4-10(13-8)14-11(7-15)5-2-6-11/h3-4,15H,2,5-7H2,1H3,(H,13,14). The van der Waals surface area contributed by atoms with E-state index >= 15 is 0 Å². The van der Waals surface area contributed by atoms with E-state index in [2.05, 4.69) is 26.2 Å². The highest BCUT2D eigenvalue weighted by Crippen LogP contribution is 2.34. The van der Waals surface area contributed by atoms with Crippen LogP contribution >= 0.6 is 15.9 Å². The van der Waals surface area contributed by atoms with E-state index < -0.39 is 0 Å². The summed E-state index contributed by atoms with van der Waals surface area (Å²) in [7, 11) is 0. The minimum absolute atomic E-state index is 0.118. The predicted octanol–water partition coefficient (Wildman–Crippen LogP) is 2.48. The highest BCUT2D eigenvalue weighted by molar-refractivity contribution is 9.10. The smallest absolute Gasteiger partial charge is 0.126 e. The molecule has 2 rings (SSSR count). The van der Waals surface area contributed by atoms with Gasteiger partial charge in [0.25, 0.3) is 0 Å². The van der Waals surface area contributed by atoms with Crippen molar-refractivity contribution in [3.8, 4) is 0 Å². The van der Waals surface area contributed by atoms with Crippen molar-refractivity contribution in [2.75, 3.05) is 11.9 Å². The number of aryl methyl sites for hydroxylation is 1. The Labute approximate surface area is 98.0 Å². The summed E-state index contributed by atoms with van der Waals surface area (Å²) in [5.41, 5.74) is 0.847. The number of aliphatic hydroxyl groups is 1. The third-order valence-corrected chi connectivity index (χ3v) is 3.87. The first-order chi connectivity index (χ1) is 7.15. The third kappa shape index (κ3) is 2.16. The van der Waals surface area contributed by atoms with E-state index in [1.54, 1.807) is 0 Å². The molecule has 0 radical (unpaired) electrons. The lowest BCUT2D eigenvalue weighted by Gasteiger charge is -2.41. The second-order valence-electron chi connectivity index (χ2n) is 4.18. The Balaban J connectivity index is 2.13. The number of nitrogens with zero attached hydrogens (tertiary/aromatic N) is 1. The largest absolute Gasteiger partial charge is 0.394 e. The lowest BCUT2D eigenvalue weighted by Crippen LogP contribution is -2.48. The highest BCUT2D eigenvalue weighted by Gasteiger charge is 2.36. The maximum atomic E-state index is 9.32. The summed E-state index contributed by atoms with van der Waals surface area (Å²) < 4.78 is 1.01. The van der Waals surface area contributed by atoms with E-state index in [-0.39, 0.29) is 12.1 Å². The number of aliphatic hydroxyl groups excluding tert-OH is 1. The zero-order valence-corrected chi connectivity index (χ0v) is 10.3. The van der Waals surface area contributed by atoms with Gasteiger partial charge in [-0.2, -0.15) is 0 Å². The number of hydrogen-bond acceptors (Lipinski definition) is 3. The SMILES string of the molecule is Cc1nc(NC2(CO)CCC2)ccc1Br. The maximum Gasteiger partial charge on any atom is 0.126 e. The van der Waals surface area contributed by atoms with Crippen LogP contribution in [-0.4, -0.2) is 22.2 Å². The van der Waals surface area contributed by atoms with E-state index in [4.69, 9.17) is 0 Å². The van der Waals surface area contributed by atoms with Crippen molar-refractivity contribution in [1.82, 2.24) is 4.98 Å². The molecule has 1 aromatic rings. The molecular weight excluding hydrogens is 256 g/mol. The van der Waals surface area contributed by atoms with E-state index in [9.17, 15) is 5.11 Å². The normalized spacial score (nSPS) is 18.3. The molecular formula is C11H15BrN2O. The zero-order valence-electron chi connectivity index (χ0n) is 8.76. The molecule has 1 fully saturated rings. The molecule has 0 amide bonds. The number of pyridine rings is 1. The van der Waals surface area contributed by atoms with Gasteiger partial charge in [0.2, 0.25) is 0 Å². The van der Waals surface area contributed by atoms with Gasteiger partial charge in [0.15, 0.2) is 0 Å². The molecule has 3 nitrogen and oxygen atoms in total. The van der Waals surface area contributed by atoms with Crippen molar-refractivity contribution >= 4 is 21.7 Å². The highest BCUT2D eigenvalue weighted by atomic mass is 79.9. The molecule has 1 heterocycles. The van der Waals surface area contributed by atoms with Gasteiger partial charge in [0, 0.05) is 4.47 Å². The van der Waals surface area contributed by atoms with Gasteiger partial charge in [-0.1, -0.05) is 0 Å². The predicted molar refractivity (Wildman–Crippen MR) is 64.0 cm³/mol. The zero-order chi connectivity index (χ0) is 10.9. The van der Waals surface area contributed by atoms with E-state index in [0.717, 1.165) is 28.8 Å². The molecule has 0 bridgehead atoms. The number of aromatic nitrogens is 1. The summed E-state index contributed by atoms with van der Waals surface area (Å²) in [6.45, 7) is 2.14. The molecule has 0 aliphatic heterocycles. The number of hydrogen-bond donors (Lipinski definition) is 2. The molecule has 1 aliphatic rings. The van der Waals surface area contributed by atoms with Crippen LogP contribution in [0.3, 0.4) is 0 Å². The second-order valence-corrected chi connectivity index (χ2v) is 5.04.